The van der Waals surface area contributed by atoms with Gasteiger partial charge in [-0.1, -0.05) is 29.3 Å². The second kappa shape index (κ2) is 9.47. The second-order valence-electron chi connectivity index (χ2n) is 8.99. The summed E-state index contributed by atoms with van der Waals surface area (Å²) >= 11 is 11.9. The van der Waals surface area contributed by atoms with Gasteiger partial charge in [-0.2, -0.15) is 0 Å². The maximum absolute atomic E-state index is 14.1. The molecule has 2 saturated heterocycles. The molecule has 1 spiro atoms. The van der Waals surface area contributed by atoms with Gasteiger partial charge in [-0.05, 0) is 55.3 Å². The van der Waals surface area contributed by atoms with E-state index < -0.39 is 5.82 Å². The lowest BCUT2D eigenvalue weighted by atomic mass is 9.71. The largest absolute Gasteiger partial charge is 0.439 e. The van der Waals surface area contributed by atoms with Crippen molar-refractivity contribution in [2.24, 2.45) is 5.41 Å². The molecule has 5 rings (SSSR count). The summed E-state index contributed by atoms with van der Waals surface area (Å²) in [5.74, 6) is -0.0393. The molecule has 0 unspecified atom stereocenters. The Morgan fingerprint density at radius 2 is 1.63 bits per heavy atom. The van der Waals surface area contributed by atoms with Gasteiger partial charge < -0.3 is 14.5 Å². The summed E-state index contributed by atoms with van der Waals surface area (Å²) in [4.78, 5) is 33.3. The molecule has 0 radical (unpaired) electrons. The number of rotatable bonds is 4. The average molecular weight is 514 g/mol. The number of piperidine rings is 1. The molecule has 0 saturated carbocycles. The van der Waals surface area contributed by atoms with Crippen molar-refractivity contribution in [1.82, 2.24) is 14.8 Å². The van der Waals surface area contributed by atoms with Crippen molar-refractivity contribution in [3.05, 3.63) is 87.8 Å². The first kappa shape index (κ1) is 23.6. The summed E-state index contributed by atoms with van der Waals surface area (Å²) < 4.78 is 19.8. The lowest BCUT2D eigenvalue weighted by Crippen LogP contribution is -2.62. The van der Waals surface area contributed by atoms with Crippen molar-refractivity contribution >= 4 is 35.0 Å². The van der Waals surface area contributed by atoms with Crippen LogP contribution in [0.5, 0.6) is 11.6 Å². The Labute approximate surface area is 212 Å². The Morgan fingerprint density at radius 1 is 0.914 bits per heavy atom. The summed E-state index contributed by atoms with van der Waals surface area (Å²) in [7, 11) is 0. The summed E-state index contributed by atoms with van der Waals surface area (Å²) in [6.45, 7) is 2.30. The molecule has 3 aromatic rings. The van der Waals surface area contributed by atoms with Gasteiger partial charge in [0.05, 0.1) is 15.6 Å². The highest BCUT2D eigenvalue weighted by Gasteiger charge is 2.47. The van der Waals surface area contributed by atoms with E-state index in [-0.39, 0.29) is 27.8 Å². The van der Waals surface area contributed by atoms with Crippen LogP contribution in [0.4, 0.5) is 4.39 Å². The number of aromatic nitrogens is 1. The van der Waals surface area contributed by atoms with Crippen LogP contribution in [0, 0.1) is 11.2 Å². The maximum atomic E-state index is 14.1. The van der Waals surface area contributed by atoms with E-state index in [4.69, 9.17) is 27.9 Å². The van der Waals surface area contributed by atoms with Crippen LogP contribution < -0.4 is 4.74 Å². The number of benzene rings is 2. The number of ether oxygens (including phenoxy) is 1. The van der Waals surface area contributed by atoms with Gasteiger partial charge in [0.25, 0.3) is 11.8 Å². The minimum absolute atomic E-state index is 0.00519. The van der Waals surface area contributed by atoms with Crippen LogP contribution in [-0.2, 0) is 0 Å². The van der Waals surface area contributed by atoms with E-state index in [1.165, 1.54) is 24.4 Å². The molecular weight excluding hydrogens is 492 g/mol. The Kier molecular flexibility index (Phi) is 6.38. The molecule has 2 amide bonds. The van der Waals surface area contributed by atoms with E-state index in [0.29, 0.717) is 48.4 Å². The third-order valence-corrected chi connectivity index (χ3v) is 7.19. The van der Waals surface area contributed by atoms with Crippen LogP contribution in [0.1, 0.15) is 33.6 Å². The fourth-order valence-corrected chi connectivity index (χ4v) is 5.01. The Hall–Kier alpha value is -3.16. The van der Waals surface area contributed by atoms with Crippen LogP contribution in [-0.4, -0.2) is 52.8 Å². The van der Waals surface area contributed by atoms with Gasteiger partial charge >= 0.3 is 0 Å². The summed E-state index contributed by atoms with van der Waals surface area (Å²) in [6.07, 6.45) is 3.02. The van der Waals surface area contributed by atoms with E-state index in [9.17, 15) is 14.0 Å². The van der Waals surface area contributed by atoms with E-state index in [0.717, 1.165) is 12.8 Å². The molecule has 0 bridgehead atoms. The zero-order valence-corrected chi connectivity index (χ0v) is 20.2. The quantitative estimate of drug-likeness (QED) is 0.448. The van der Waals surface area contributed by atoms with Gasteiger partial charge in [0, 0.05) is 49.4 Å². The average Bonchev–Trinajstić information content (AvgIpc) is 2.84. The molecule has 1 aromatic heterocycles. The number of likely N-dealkylation sites (tertiary alicyclic amines) is 2. The Bertz CT molecular complexity index is 1230. The van der Waals surface area contributed by atoms with Gasteiger partial charge in [-0.15, -0.1) is 0 Å². The third-order valence-electron chi connectivity index (χ3n) is 6.65. The van der Waals surface area contributed by atoms with Crippen LogP contribution in [0.3, 0.4) is 0 Å². The van der Waals surface area contributed by atoms with Crippen LogP contribution in [0.2, 0.25) is 10.0 Å². The first-order valence-corrected chi connectivity index (χ1v) is 12.0. The van der Waals surface area contributed by atoms with E-state index in [1.54, 1.807) is 41.3 Å². The standard InChI is InChI=1S/C26H22Cl2FN3O3/c27-18-6-9-22(30-14-18)35-19-7-4-17(5-8-19)24(33)32-15-26(16-32)10-12-31(13-11-26)25(34)23-20(28)2-1-3-21(23)29/h1-9,14H,10-13,15-16H2. The lowest BCUT2D eigenvalue weighted by Gasteiger charge is -2.54. The molecule has 0 atom stereocenters. The zero-order chi connectivity index (χ0) is 24.6. The Morgan fingerprint density at radius 3 is 2.26 bits per heavy atom. The third kappa shape index (κ3) is 4.83. The molecule has 6 nitrogen and oxygen atoms in total. The second-order valence-corrected chi connectivity index (χ2v) is 9.83. The SMILES string of the molecule is O=C(c1ccc(Oc2ccc(Cl)cn2)cc1)N1CC2(CCN(C(=O)c3c(F)cccc3Cl)CC2)C1. The number of carbonyl (C=O) groups is 2. The van der Waals surface area contributed by atoms with Crippen molar-refractivity contribution in [2.75, 3.05) is 26.2 Å². The van der Waals surface area contributed by atoms with E-state index >= 15 is 0 Å². The van der Waals surface area contributed by atoms with Crippen LogP contribution >= 0.6 is 23.2 Å². The van der Waals surface area contributed by atoms with Crippen LogP contribution in [0.15, 0.2) is 60.8 Å². The molecule has 2 aliphatic heterocycles. The van der Waals surface area contributed by atoms with Gasteiger partial charge in [0.1, 0.15) is 11.6 Å². The molecule has 3 heterocycles. The molecule has 2 fully saturated rings. The lowest BCUT2D eigenvalue weighted by molar-refractivity contribution is -0.0288. The molecule has 0 aliphatic carbocycles. The van der Waals surface area contributed by atoms with Crippen molar-refractivity contribution in [1.29, 1.82) is 0 Å². The first-order valence-electron chi connectivity index (χ1n) is 11.3. The number of amides is 2. The van der Waals surface area contributed by atoms with E-state index in [1.807, 2.05) is 4.90 Å². The Balaban J connectivity index is 1.15. The van der Waals surface area contributed by atoms with E-state index in [2.05, 4.69) is 4.98 Å². The summed E-state index contributed by atoms with van der Waals surface area (Å²) in [6, 6.07) is 14.5. The molecule has 0 N–H and O–H groups in total. The minimum Gasteiger partial charge on any atom is -0.439 e. The minimum atomic E-state index is -0.607. The van der Waals surface area contributed by atoms with Crippen molar-refractivity contribution in [3.63, 3.8) is 0 Å². The van der Waals surface area contributed by atoms with Crippen molar-refractivity contribution < 1.29 is 18.7 Å². The summed E-state index contributed by atoms with van der Waals surface area (Å²) in [5.41, 5.74) is 0.502. The number of nitrogens with zero attached hydrogens (tertiary/aromatic N) is 3. The number of halogens is 3. The van der Waals surface area contributed by atoms with Gasteiger partial charge in [0.2, 0.25) is 5.88 Å². The molecule has 2 aromatic carbocycles. The molecular formula is C26H22Cl2FN3O3. The highest BCUT2D eigenvalue weighted by Crippen LogP contribution is 2.41. The van der Waals surface area contributed by atoms with Crippen LogP contribution in [0.25, 0.3) is 0 Å². The topological polar surface area (TPSA) is 62.7 Å². The number of hydrogen-bond donors (Lipinski definition) is 0. The first-order chi connectivity index (χ1) is 16.8. The number of hydrogen-bond acceptors (Lipinski definition) is 4. The normalized spacial score (nSPS) is 16.7. The zero-order valence-electron chi connectivity index (χ0n) is 18.7. The van der Waals surface area contributed by atoms with Gasteiger partial charge in [0.15, 0.2) is 0 Å². The molecule has 2 aliphatic rings. The van der Waals surface area contributed by atoms with Gasteiger partial charge in [-0.3, -0.25) is 9.59 Å². The highest BCUT2D eigenvalue weighted by atomic mass is 35.5. The maximum Gasteiger partial charge on any atom is 0.258 e. The summed E-state index contributed by atoms with van der Waals surface area (Å²) in [5, 5.41) is 0.647. The number of carbonyl (C=O) groups excluding carboxylic acids is 2. The van der Waals surface area contributed by atoms with Crippen molar-refractivity contribution in [3.8, 4) is 11.6 Å². The predicted octanol–water partition coefficient (Wildman–Crippen LogP) is 5.70. The predicted molar refractivity (Wildman–Crippen MR) is 131 cm³/mol. The fourth-order valence-electron chi connectivity index (χ4n) is 4.66. The fraction of sp³-hybridized carbons (Fsp3) is 0.269. The smallest absolute Gasteiger partial charge is 0.258 e. The van der Waals surface area contributed by atoms with Crippen molar-refractivity contribution in [2.45, 2.75) is 12.8 Å². The highest BCUT2D eigenvalue weighted by molar-refractivity contribution is 6.33. The molecule has 180 valence electrons. The molecule has 35 heavy (non-hydrogen) atoms. The monoisotopic (exact) mass is 513 g/mol. The molecule has 9 heteroatoms. The van der Waals surface area contributed by atoms with Gasteiger partial charge in [-0.25, -0.2) is 9.37 Å². The number of pyridine rings is 1.